The van der Waals surface area contributed by atoms with Crippen LogP contribution in [0.5, 0.6) is 5.75 Å². The summed E-state index contributed by atoms with van der Waals surface area (Å²) in [4.78, 5) is 27.8. The number of hydrogen-bond acceptors (Lipinski definition) is 5. The molecule has 0 aliphatic carbocycles. The molecule has 13 heteroatoms. The van der Waals surface area contributed by atoms with Crippen molar-refractivity contribution in [3.8, 4) is 5.75 Å². The van der Waals surface area contributed by atoms with Crippen molar-refractivity contribution in [2.75, 3.05) is 24.2 Å². The molecule has 0 spiro atoms. The third-order valence-electron chi connectivity index (χ3n) is 5.53. The zero-order valence-electron chi connectivity index (χ0n) is 21.7. The largest absolute Gasteiger partial charge is 0.497 e. The van der Waals surface area contributed by atoms with E-state index in [0.717, 1.165) is 18.4 Å². The van der Waals surface area contributed by atoms with Crippen LogP contribution in [0.3, 0.4) is 0 Å². The second-order valence-corrected chi connectivity index (χ2v) is 11.2. The fraction of sp³-hybridized carbons (Fsp3) is 0.440. The fourth-order valence-electron chi connectivity index (χ4n) is 3.77. The lowest BCUT2D eigenvalue weighted by molar-refractivity contribution is -0.140. The highest BCUT2D eigenvalue weighted by molar-refractivity contribution is 7.92. The van der Waals surface area contributed by atoms with Gasteiger partial charge in [-0.25, -0.2) is 8.42 Å². The Balaban J connectivity index is 2.54. The number of amides is 2. The number of anilines is 1. The molecule has 2 aromatic rings. The van der Waals surface area contributed by atoms with Crippen LogP contribution in [0.2, 0.25) is 5.02 Å². The number of alkyl halides is 3. The van der Waals surface area contributed by atoms with Gasteiger partial charge in [-0.15, -0.1) is 0 Å². The number of hydrogen-bond donors (Lipinski definition) is 1. The third-order valence-corrected chi connectivity index (χ3v) is 7.00. The summed E-state index contributed by atoms with van der Waals surface area (Å²) in [6, 6.07) is 8.13. The molecule has 1 N–H and O–H groups in total. The van der Waals surface area contributed by atoms with Crippen LogP contribution >= 0.6 is 11.6 Å². The van der Waals surface area contributed by atoms with Crippen molar-refractivity contribution >= 4 is 39.1 Å². The maximum absolute atomic E-state index is 13.6. The van der Waals surface area contributed by atoms with E-state index in [1.807, 2.05) is 0 Å². The number of benzene rings is 2. The fourth-order valence-corrected chi connectivity index (χ4v) is 4.83. The van der Waals surface area contributed by atoms with Gasteiger partial charge < -0.3 is 15.0 Å². The number of rotatable bonds is 11. The van der Waals surface area contributed by atoms with Crippen molar-refractivity contribution in [3.05, 3.63) is 58.6 Å². The van der Waals surface area contributed by atoms with Gasteiger partial charge in [0.15, 0.2) is 0 Å². The summed E-state index contributed by atoms with van der Waals surface area (Å²) in [5.41, 5.74) is -1.03. The highest BCUT2D eigenvalue weighted by Gasteiger charge is 2.36. The van der Waals surface area contributed by atoms with Crippen molar-refractivity contribution < 1.29 is 35.9 Å². The minimum Gasteiger partial charge on any atom is -0.497 e. The number of carbonyl (C=O) groups is 2. The first-order valence-electron chi connectivity index (χ1n) is 11.7. The molecule has 0 saturated heterocycles. The van der Waals surface area contributed by atoms with Crippen LogP contribution < -0.4 is 14.4 Å². The number of methoxy groups -OCH3 is 1. The molecule has 2 aromatic carbocycles. The van der Waals surface area contributed by atoms with Crippen LogP contribution in [0.4, 0.5) is 18.9 Å². The van der Waals surface area contributed by atoms with E-state index in [9.17, 15) is 31.2 Å². The monoisotopic (exact) mass is 577 g/mol. The summed E-state index contributed by atoms with van der Waals surface area (Å²) in [5.74, 6) is -0.726. The SMILES string of the molecule is CCC(C(=O)NC(C)C)N(Cc1cccc(OC)c1)C(=O)CN(c1ccc(Cl)c(C(F)(F)F)c1)S(C)(=O)=O. The van der Waals surface area contributed by atoms with E-state index in [0.29, 0.717) is 21.7 Å². The number of ether oxygens (including phenoxy) is 1. The van der Waals surface area contributed by atoms with Gasteiger partial charge in [0.1, 0.15) is 18.3 Å². The van der Waals surface area contributed by atoms with Gasteiger partial charge in [-0.3, -0.25) is 13.9 Å². The first-order valence-corrected chi connectivity index (χ1v) is 13.9. The summed E-state index contributed by atoms with van der Waals surface area (Å²) >= 11 is 5.69. The minimum absolute atomic E-state index is 0.0773. The summed E-state index contributed by atoms with van der Waals surface area (Å²) < 4.78 is 71.4. The Morgan fingerprint density at radius 3 is 2.32 bits per heavy atom. The van der Waals surface area contributed by atoms with Crippen molar-refractivity contribution in [1.82, 2.24) is 10.2 Å². The van der Waals surface area contributed by atoms with Gasteiger partial charge in [0.05, 0.1) is 29.6 Å². The molecule has 8 nitrogen and oxygen atoms in total. The summed E-state index contributed by atoms with van der Waals surface area (Å²) in [6.07, 6.45) is -3.87. The van der Waals surface area contributed by atoms with Crippen LogP contribution in [0.15, 0.2) is 42.5 Å². The smallest absolute Gasteiger partial charge is 0.417 e. The molecule has 0 saturated carbocycles. The van der Waals surface area contributed by atoms with Gasteiger partial charge in [0.2, 0.25) is 21.8 Å². The summed E-state index contributed by atoms with van der Waals surface area (Å²) in [7, 11) is -2.75. The van der Waals surface area contributed by atoms with Gasteiger partial charge in [-0.05, 0) is 56.2 Å². The quantitative estimate of drug-likeness (QED) is 0.425. The Kier molecular flexibility index (Phi) is 10.4. The molecular formula is C25H31ClF3N3O5S. The lowest BCUT2D eigenvalue weighted by atomic mass is 10.1. The number of halogens is 4. The van der Waals surface area contributed by atoms with Gasteiger partial charge in [0.25, 0.3) is 0 Å². The second-order valence-electron chi connectivity index (χ2n) is 8.89. The Morgan fingerprint density at radius 1 is 1.13 bits per heavy atom. The number of nitrogens with zero attached hydrogens (tertiary/aromatic N) is 2. The topological polar surface area (TPSA) is 96.0 Å². The van der Waals surface area contributed by atoms with Crippen LogP contribution in [0.1, 0.15) is 38.3 Å². The van der Waals surface area contributed by atoms with E-state index in [1.54, 1.807) is 45.0 Å². The van der Waals surface area contributed by atoms with Crippen molar-refractivity contribution in [2.24, 2.45) is 0 Å². The number of carbonyl (C=O) groups excluding carboxylic acids is 2. The van der Waals surface area contributed by atoms with Crippen molar-refractivity contribution in [1.29, 1.82) is 0 Å². The predicted molar refractivity (Wildman–Crippen MR) is 140 cm³/mol. The molecule has 0 fully saturated rings. The standard InChI is InChI=1S/C25H31ClF3N3O5S/c1-6-22(24(34)30-16(2)3)31(14-17-8-7-9-19(12-17)37-4)23(33)15-32(38(5,35)36)18-10-11-21(26)20(13-18)25(27,28)29/h7-13,16,22H,6,14-15H2,1-5H3,(H,30,34). The zero-order valence-corrected chi connectivity index (χ0v) is 23.2. The Bertz CT molecular complexity index is 1260. The van der Waals surface area contributed by atoms with Crippen molar-refractivity contribution in [2.45, 2.75) is 52.0 Å². The molecule has 1 atom stereocenters. The first-order chi connectivity index (χ1) is 17.6. The van der Waals surface area contributed by atoms with Crippen LogP contribution in [0, 0.1) is 0 Å². The van der Waals surface area contributed by atoms with E-state index >= 15 is 0 Å². The lowest BCUT2D eigenvalue weighted by Gasteiger charge is -2.33. The van der Waals surface area contributed by atoms with Gasteiger partial charge in [0, 0.05) is 12.6 Å². The molecule has 0 aliphatic rings. The Morgan fingerprint density at radius 2 is 1.79 bits per heavy atom. The first kappa shape index (κ1) is 31.2. The predicted octanol–water partition coefficient (Wildman–Crippen LogP) is 4.47. The molecule has 0 aromatic heterocycles. The lowest BCUT2D eigenvalue weighted by Crippen LogP contribution is -2.53. The highest BCUT2D eigenvalue weighted by Crippen LogP contribution is 2.37. The average molecular weight is 578 g/mol. The van der Waals surface area contributed by atoms with E-state index in [2.05, 4.69) is 5.32 Å². The highest BCUT2D eigenvalue weighted by atomic mass is 35.5. The maximum Gasteiger partial charge on any atom is 0.417 e. The second kappa shape index (κ2) is 12.7. The molecule has 2 rings (SSSR count). The van der Waals surface area contributed by atoms with E-state index in [4.69, 9.17) is 16.3 Å². The van der Waals surface area contributed by atoms with Crippen molar-refractivity contribution in [3.63, 3.8) is 0 Å². The molecule has 1 unspecified atom stereocenters. The molecule has 210 valence electrons. The minimum atomic E-state index is -4.85. The van der Waals surface area contributed by atoms with Gasteiger partial charge in [-0.1, -0.05) is 30.7 Å². The van der Waals surface area contributed by atoms with Gasteiger partial charge >= 0.3 is 6.18 Å². The summed E-state index contributed by atoms with van der Waals surface area (Å²) in [5, 5.41) is 2.14. The van der Waals surface area contributed by atoms with Crippen LogP contribution in [0.25, 0.3) is 0 Å². The van der Waals surface area contributed by atoms with E-state index < -0.39 is 56.9 Å². The number of sulfonamides is 1. The van der Waals surface area contributed by atoms with Crippen LogP contribution in [-0.4, -0.2) is 57.1 Å². The maximum atomic E-state index is 13.6. The van der Waals surface area contributed by atoms with Crippen LogP contribution in [-0.2, 0) is 32.3 Å². The Hall–Kier alpha value is -2.99. The Labute approximate surface area is 225 Å². The molecule has 0 heterocycles. The molecule has 0 aliphatic heterocycles. The normalized spacial score (nSPS) is 12.7. The zero-order chi connectivity index (χ0) is 28.8. The van der Waals surface area contributed by atoms with Gasteiger partial charge in [-0.2, -0.15) is 13.2 Å². The van der Waals surface area contributed by atoms with E-state index in [-0.39, 0.29) is 19.0 Å². The number of nitrogens with one attached hydrogen (secondary N) is 1. The summed E-state index contributed by atoms with van der Waals surface area (Å²) in [6.45, 7) is 4.28. The molecule has 0 bridgehead atoms. The third kappa shape index (κ3) is 8.26. The average Bonchev–Trinajstić information content (AvgIpc) is 2.81. The molecule has 2 amide bonds. The molecule has 0 radical (unpaired) electrons. The molecular weight excluding hydrogens is 547 g/mol. The van der Waals surface area contributed by atoms with E-state index in [1.165, 1.54) is 12.0 Å². The molecule has 38 heavy (non-hydrogen) atoms.